The van der Waals surface area contributed by atoms with Crippen molar-refractivity contribution in [3.8, 4) is 16.9 Å². The minimum Gasteiger partial charge on any atom is -0.383 e. The number of hydrogen-bond donors (Lipinski definition) is 4. The summed E-state index contributed by atoms with van der Waals surface area (Å²) in [6.07, 6.45) is 1.52. The summed E-state index contributed by atoms with van der Waals surface area (Å²) in [5.74, 6) is 0.998. The van der Waals surface area contributed by atoms with Gasteiger partial charge in [0.15, 0.2) is 0 Å². The molecule has 0 radical (unpaired) electrons. The molecule has 4 heterocycles. The van der Waals surface area contributed by atoms with E-state index < -0.39 is 0 Å². The number of benzene rings is 1. The molecule has 3 aromatic rings. The van der Waals surface area contributed by atoms with Crippen molar-refractivity contribution < 1.29 is 19.2 Å². The number of methoxy groups -OCH3 is 1. The molecule has 2 atom stereocenters. The van der Waals surface area contributed by atoms with Crippen LogP contribution >= 0.6 is 0 Å². The fraction of sp³-hybridized carbons (Fsp3) is 0.360. The highest BCUT2D eigenvalue weighted by molar-refractivity contribution is 6.00. The zero-order chi connectivity index (χ0) is 25.9. The number of nitrogens with one attached hydrogen (secondary N) is 4. The highest BCUT2D eigenvalue weighted by atomic mass is 16.7. The van der Waals surface area contributed by atoms with Crippen LogP contribution in [0, 0.1) is 6.92 Å². The Morgan fingerprint density at radius 3 is 2.89 bits per heavy atom. The van der Waals surface area contributed by atoms with Gasteiger partial charge in [0.05, 0.1) is 42.4 Å². The van der Waals surface area contributed by atoms with Gasteiger partial charge in [0, 0.05) is 37.5 Å². The van der Waals surface area contributed by atoms with Crippen LogP contribution in [0.2, 0.25) is 0 Å². The van der Waals surface area contributed by atoms with Crippen LogP contribution in [-0.4, -0.2) is 77.3 Å². The van der Waals surface area contributed by atoms with Crippen LogP contribution in [0.4, 0.5) is 22.1 Å². The number of rotatable bonds is 7. The van der Waals surface area contributed by atoms with Gasteiger partial charge in [-0.25, -0.2) is 14.5 Å². The summed E-state index contributed by atoms with van der Waals surface area (Å²) < 4.78 is 6.81. The molecule has 5 rings (SSSR count). The number of ether oxygens (including phenoxy) is 1. The van der Waals surface area contributed by atoms with E-state index in [9.17, 15) is 9.59 Å². The number of hydrogen-bond acceptors (Lipinski definition) is 8. The summed E-state index contributed by atoms with van der Waals surface area (Å²) in [5, 5.41) is 18.5. The second kappa shape index (κ2) is 10.5. The average Bonchev–Trinajstić information content (AvgIpc) is 3.41. The van der Waals surface area contributed by atoms with Crippen molar-refractivity contribution in [2.24, 2.45) is 0 Å². The van der Waals surface area contributed by atoms with Crippen LogP contribution in [0.25, 0.3) is 16.9 Å². The van der Waals surface area contributed by atoms with Crippen molar-refractivity contribution in [1.82, 2.24) is 25.1 Å². The Hall–Kier alpha value is -4.00. The number of fused-ring (bicyclic) bond motifs is 1. The number of aromatic nitrogens is 3. The number of carbonyl (C=O) groups is 2. The first-order chi connectivity index (χ1) is 17.9. The lowest BCUT2D eigenvalue weighted by molar-refractivity contribution is -0.146. The Balaban J connectivity index is 1.42. The number of nitrogens with zero attached hydrogens (tertiary/aromatic N) is 4. The molecule has 3 amide bonds. The minimum atomic E-state index is -0.360. The van der Waals surface area contributed by atoms with E-state index in [0.29, 0.717) is 48.3 Å². The molecule has 2 aliphatic rings. The van der Waals surface area contributed by atoms with E-state index in [1.807, 2.05) is 50.2 Å². The molecular formula is C25H30N8O4. The first kappa shape index (κ1) is 24.7. The molecule has 37 heavy (non-hydrogen) atoms. The Morgan fingerprint density at radius 1 is 1.30 bits per heavy atom. The molecule has 0 bridgehead atoms. The largest absolute Gasteiger partial charge is 0.383 e. The van der Waals surface area contributed by atoms with Gasteiger partial charge in [-0.15, -0.1) is 0 Å². The van der Waals surface area contributed by atoms with Crippen molar-refractivity contribution in [2.75, 3.05) is 49.3 Å². The molecule has 2 aliphatic heterocycles. The quantitative estimate of drug-likeness (QED) is 0.384. The molecule has 1 saturated heterocycles. The first-order valence-corrected chi connectivity index (χ1v) is 12.1. The Morgan fingerprint density at radius 2 is 2.11 bits per heavy atom. The fourth-order valence-electron chi connectivity index (χ4n) is 4.39. The number of para-hydroxylation sites is 1. The minimum absolute atomic E-state index is 0.136. The third-order valence-electron chi connectivity index (χ3n) is 6.35. The maximum Gasteiger partial charge on any atom is 0.320 e. The smallest absolute Gasteiger partial charge is 0.320 e. The summed E-state index contributed by atoms with van der Waals surface area (Å²) >= 11 is 0. The van der Waals surface area contributed by atoms with Crippen LogP contribution in [0.3, 0.4) is 0 Å². The summed E-state index contributed by atoms with van der Waals surface area (Å²) in [5.41, 5.74) is 3.48. The van der Waals surface area contributed by atoms with Crippen LogP contribution in [0.1, 0.15) is 12.5 Å². The second-order valence-corrected chi connectivity index (χ2v) is 8.99. The molecule has 1 fully saturated rings. The lowest BCUT2D eigenvalue weighted by atomic mass is 10.1. The normalized spacial score (nSPS) is 19.2. The predicted octanol–water partition coefficient (Wildman–Crippen LogP) is 2.38. The summed E-state index contributed by atoms with van der Waals surface area (Å²) in [7, 11) is 1.64. The molecule has 0 saturated carbocycles. The molecule has 12 nitrogen and oxygen atoms in total. The maximum absolute atomic E-state index is 13.1. The lowest BCUT2D eigenvalue weighted by Crippen LogP contribution is -2.44. The van der Waals surface area contributed by atoms with Crippen molar-refractivity contribution in [1.29, 1.82) is 0 Å². The predicted molar refractivity (Wildman–Crippen MR) is 139 cm³/mol. The van der Waals surface area contributed by atoms with Crippen molar-refractivity contribution in [3.63, 3.8) is 0 Å². The van der Waals surface area contributed by atoms with Gasteiger partial charge in [-0.3, -0.25) is 14.9 Å². The third kappa shape index (κ3) is 5.26. The number of amides is 3. The van der Waals surface area contributed by atoms with Gasteiger partial charge in [-0.2, -0.15) is 10.2 Å². The summed E-state index contributed by atoms with van der Waals surface area (Å²) in [6.45, 7) is 5.71. The van der Waals surface area contributed by atoms with Crippen molar-refractivity contribution in [3.05, 3.63) is 48.2 Å². The van der Waals surface area contributed by atoms with Crippen LogP contribution < -0.4 is 21.3 Å². The van der Waals surface area contributed by atoms with Gasteiger partial charge in [0.1, 0.15) is 11.6 Å². The Labute approximate surface area is 214 Å². The number of anilines is 3. The zero-order valence-corrected chi connectivity index (χ0v) is 20.9. The molecule has 0 aliphatic carbocycles. The monoisotopic (exact) mass is 506 g/mol. The highest BCUT2D eigenvalue weighted by Gasteiger charge is 2.32. The summed E-state index contributed by atoms with van der Waals surface area (Å²) in [6, 6.07) is 10.8. The zero-order valence-electron chi connectivity index (χ0n) is 20.9. The van der Waals surface area contributed by atoms with Crippen molar-refractivity contribution in [2.45, 2.75) is 26.0 Å². The molecule has 194 valence electrons. The number of hydroxylamine groups is 2. The second-order valence-electron chi connectivity index (χ2n) is 8.99. The van der Waals surface area contributed by atoms with Gasteiger partial charge in [0.2, 0.25) is 5.91 Å². The fourth-order valence-corrected chi connectivity index (χ4v) is 4.39. The van der Waals surface area contributed by atoms with E-state index in [2.05, 4.69) is 26.3 Å². The van der Waals surface area contributed by atoms with Gasteiger partial charge in [0.25, 0.3) is 0 Å². The van der Waals surface area contributed by atoms with E-state index >= 15 is 0 Å². The number of carbonyl (C=O) groups excluding carboxylic acids is 2. The summed E-state index contributed by atoms with van der Waals surface area (Å²) in [4.78, 5) is 35.2. The van der Waals surface area contributed by atoms with E-state index in [0.717, 1.165) is 11.3 Å². The van der Waals surface area contributed by atoms with E-state index in [-0.39, 0.29) is 30.6 Å². The van der Waals surface area contributed by atoms with Crippen molar-refractivity contribution >= 4 is 29.3 Å². The van der Waals surface area contributed by atoms with Gasteiger partial charge >= 0.3 is 6.03 Å². The molecule has 0 unspecified atom stereocenters. The topological polar surface area (TPSA) is 135 Å². The highest BCUT2D eigenvalue weighted by Crippen LogP contribution is 2.33. The molecule has 2 aromatic heterocycles. The van der Waals surface area contributed by atoms with Gasteiger partial charge in [-0.1, -0.05) is 18.2 Å². The van der Waals surface area contributed by atoms with E-state index in [1.54, 1.807) is 23.1 Å². The molecule has 4 N–H and O–H groups in total. The maximum atomic E-state index is 13.1. The molecule has 0 spiro atoms. The van der Waals surface area contributed by atoms with Gasteiger partial charge < -0.3 is 20.7 Å². The Kier molecular flexibility index (Phi) is 7.04. The number of urea groups is 1. The SMILES string of the molecule is COCCN1C[C@@H](NC(=O)Nc2c(C)c(-c3cnc4c(c3)NC(=O)CN4)nn2-c2ccccc2)[C@H](C)O1. The first-order valence-electron chi connectivity index (χ1n) is 12.1. The van der Waals surface area contributed by atoms with Crippen LogP contribution in [0.15, 0.2) is 42.6 Å². The van der Waals surface area contributed by atoms with E-state index in [4.69, 9.17) is 14.7 Å². The number of pyridine rings is 1. The molecule has 12 heteroatoms. The van der Waals surface area contributed by atoms with Crippen LogP contribution in [-0.2, 0) is 14.4 Å². The molecular weight excluding hydrogens is 476 g/mol. The standard InChI is InChI=1S/C25H30N8O4/c1-15-22(17-11-19-23(26-12-17)27-13-21(34)28-19)31-33(18-7-5-4-6-8-18)24(15)30-25(35)29-20-14-32(9-10-36-3)37-16(20)2/h4-8,11-12,16,20H,9-10,13-14H2,1-3H3,(H,26,27)(H,28,34)(H2,29,30,35)/t16-,20+/m0/s1. The Bertz CT molecular complexity index is 1300. The van der Waals surface area contributed by atoms with Crippen LogP contribution in [0.5, 0.6) is 0 Å². The van der Waals surface area contributed by atoms with E-state index in [1.165, 1.54) is 0 Å². The molecule has 1 aromatic carbocycles. The van der Waals surface area contributed by atoms with Gasteiger partial charge in [-0.05, 0) is 32.0 Å². The third-order valence-corrected chi connectivity index (χ3v) is 6.35. The average molecular weight is 507 g/mol. The lowest BCUT2D eigenvalue weighted by Gasteiger charge is -2.18.